The van der Waals surface area contributed by atoms with Gasteiger partial charge in [-0.05, 0) is 49.5 Å². The Hall–Kier alpha value is -3.64. The van der Waals surface area contributed by atoms with Crippen LogP contribution < -0.4 is 10.2 Å². The molecule has 2 N–H and O–H groups in total. The van der Waals surface area contributed by atoms with Crippen molar-refractivity contribution in [2.45, 2.75) is 0 Å². The molecule has 0 unspecified atom stereocenters. The van der Waals surface area contributed by atoms with Gasteiger partial charge in [-0.15, -0.1) is 0 Å². The molecule has 31 heavy (non-hydrogen) atoms. The first-order chi connectivity index (χ1) is 15.2. The molecule has 0 radical (unpaired) electrons. The third-order valence-electron chi connectivity index (χ3n) is 5.82. The van der Waals surface area contributed by atoms with Gasteiger partial charge < -0.3 is 20.1 Å². The van der Waals surface area contributed by atoms with Gasteiger partial charge in [0.05, 0.1) is 17.4 Å². The zero-order chi connectivity index (χ0) is 21.2. The molecule has 2 aromatic carbocycles. The van der Waals surface area contributed by atoms with Crippen LogP contribution in [-0.4, -0.2) is 54.0 Å². The summed E-state index contributed by atoms with van der Waals surface area (Å²) in [4.78, 5) is 24.9. The molecule has 0 saturated carbocycles. The molecule has 1 amide bonds. The van der Waals surface area contributed by atoms with E-state index in [2.05, 4.69) is 50.3 Å². The van der Waals surface area contributed by atoms with Gasteiger partial charge in [0, 0.05) is 59.9 Å². The summed E-state index contributed by atoms with van der Waals surface area (Å²) in [7, 11) is 2.15. The number of para-hydroxylation sites is 1. The molecular formula is C25H25N5O. The van der Waals surface area contributed by atoms with Gasteiger partial charge in [-0.1, -0.05) is 18.2 Å². The fraction of sp³-hybridized carbons (Fsp3) is 0.200. The predicted molar refractivity (Wildman–Crippen MR) is 127 cm³/mol. The molecule has 1 saturated heterocycles. The zero-order valence-corrected chi connectivity index (χ0v) is 17.5. The van der Waals surface area contributed by atoms with Gasteiger partial charge >= 0.3 is 0 Å². The second-order valence-electron chi connectivity index (χ2n) is 7.99. The van der Waals surface area contributed by atoms with Gasteiger partial charge in [-0.2, -0.15) is 0 Å². The Morgan fingerprint density at radius 1 is 1.00 bits per heavy atom. The highest BCUT2D eigenvalue weighted by molar-refractivity contribution is 6.07. The summed E-state index contributed by atoms with van der Waals surface area (Å²) in [5.41, 5.74) is 4.80. The average molecular weight is 412 g/mol. The Morgan fingerprint density at radius 2 is 1.77 bits per heavy atom. The number of anilines is 2. The summed E-state index contributed by atoms with van der Waals surface area (Å²) in [6, 6.07) is 18.2. The third kappa shape index (κ3) is 4.15. The summed E-state index contributed by atoms with van der Waals surface area (Å²) >= 11 is 0. The lowest BCUT2D eigenvalue weighted by Crippen LogP contribution is -2.44. The number of pyridine rings is 1. The molecular weight excluding hydrogens is 386 g/mol. The first-order valence-corrected chi connectivity index (χ1v) is 10.5. The number of benzene rings is 2. The van der Waals surface area contributed by atoms with Gasteiger partial charge in [0.25, 0.3) is 0 Å². The summed E-state index contributed by atoms with van der Waals surface area (Å²) in [5, 5.41) is 5.18. The number of nitrogens with zero attached hydrogens (tertiary/aromatic N) is 3. The molecule has 6 nitrogen and oxygen atoms in total. The number of carbonyl (C=O) groups excluding carboxylic acids is 1. The Labute approximate surface area is 181 Å². The maximum Gasteiger partial charge on any atom is 0.248 e. The Bertz CT molecular complexity index is 1250. The van der Waals surface area contributed by atoms with E-state index in [4.69, 9.17) is 0 Å². The Kier molecular flexibility index (Phi) is 5.14. The molecule has 1 aliphatic heterocycles. The molecule has 5 rings (SSSR count). The number of likely N-dealkylation sites (N-methyl/N-ethyl adjacent to an activating group) is 1. The summed E-state index contributed by atoms with van der Waals surface area (Å²) in [6.07, 6.45) is 5.08. The number of H-pyrrole nitrogens is 1. The van der Waals surface area contributed by atoms with Crippen LogP contribution in [0.1, 0.15) is 5.69 Å². The molecule has 1 fully saturated rings. The van der Waals surface area contributed by atoms with E-state index in [1.54, 1.807) is 6.08 Å². The first-order valence-electron chi connectivity index (χ1n) is 10.5. The predicted octanol–water partition coefficient (Wildman–Crippen LogP) is 4.12. The van der Waals surface area contributed by atoms with Crippen molar-refractivity contribution in [3.63, 3.8) is 0 Å². The van der Waals surface area contributed by atoms with Crippen LogP contribution in [0.2, 0.25) is 0 Å². The van der Waals surface area contributed by atoms with E-state index in [1.165, 1.54) is 11.8 Å². The van der Waals surface area contributed by atoms with E-state index in [9.17, 15) is 4.79 Å². The van der Waals surface area contributed by atoms with Gasteiger partial charge in [0.2, 0.25) is 5.91 Å². The van der Waals surface area contributed by atoms with E-state index in [0.29, 0.717) is 0 Å². The standard InChI is InChI=1S/C25H25N5O/c1-29-12-14-30(15-13-29)20-9-6-18(7-10-20)27-25(31)11-8-19-16-22-21-4-2-3-5-23(21)28-24(22)17-26-19/h2-11,16-17,28H,12-15H2,1H3,(H,27,31)/b11-8+. The summed E-state index contributed by atoms with van der Waals surface area (Å²) < 4.78 is 0. The van der Waals surface area contributed by atoms with Crippen LogP contribution in [0.4, 0.5) is 11.4 Å². The van der Waals surface area contributed by atoms with Crippen molar-refractivity contribution in [2.75, 3.05) is 43.4 Å². The topological polar surface area (TPSA) is 64.3 Å². The van der Waals surface area contributed by atoms with Crippen LogP contribution in [0.3, 0.4) is 0 Å². The van der Waals surface area contributed by atoms with Crippen molar-refractivity contribution in [1.29, 1.82) is 0 Å². The van der Waals surface area contributed by atoms with Crippen molar-refractivity contribution in [3.05, 3.63) is 72.6 Å². The van der Waals surface area contributed by atoms with Crippen molar-refractivity contribution in [3.8, 4) is 0 Å². The Morgan fingerprint density at radius 3 is 2.58 bits per heavy atom. The average Bonchev–Trinajstić information content (AvgIpc) is 3.17. The minimum Gasteiger partial charge on any atom is -0.369 e. The molecule has 156 valence electrons. The van der Waals surface area contributed by atoms with Crippen molar-refractivity contribution in [1.82, 2.24) is 14.9 Å². The third-order valence-corrected chi connectivity index (χ3v) is 5.82. The van der Waals surface area contributed by atoms with Crippen LogP contribution in [0.5, 0.6) is 0 Å². The maximum atomic E-state index is 12.4. The van der Waals surface area contributed by atoms with Crippen LogP contribution in [0.25, 0.3) is 27.9 Å². The minimum atomic E-state index is -0.173. The highest BCUT2D eigenvalue weighted by Crippen LogP contribution is 2.25. The maximum absolute atomic E-state index is 12.4. The zero-order valence-electron chi connectivity index (χ0n) is 17.5. The van der Waals surface area contributed by atoms with Crippen molar-refractivity contribution in [2.24, 2.45) is 0 Å². The number of fused-ring (bicyclic) bond motifs is 3. The number of nitrogens with one attached hydrogen (secondary N) is 2. The van der Waals surface area contributed by atoms with Crippen LogP contribution in [0.15, 0.2) is 66.9 Å². The lowest BCUT2D eigenvalue weighted by molar-refractivity contribution is -0.111. The van der Waals surface area contributed by atoms with E-state index < -0.39 is 0 Å². The number of carbonyl (C=O) groups is 1. The SMILES string of the molecule is CN1CCN(c2ccc(NC(=O)/C=C/c3cc4c(cn3)[nH]c3ccccc34)cc2)CC1. The number of hydrogen-bond acceptors (Lipinski definition) is 4. The smallest absolute Gasteiger partial charge is 0.248 e. The number of amides is 1. The second kappa shape index (κ2) is 8.24. The van der Waals surface area contributed by atoms with Crippen molar-refractivity contribution >= 4 is 45.2 Å². The molecule has 0 aliphatic carbocycles. The van der Waals surface area contributed by atoms with Crippen LogP contribution >= 0.6 is 0 Å². The van der Waals surface area contributed by atoms with E-state index in [0.717, 1.165) is 59.4 Å². The summed E-state index contributed by atoms with van der Waals surface area (Å²) in [5.74, 6) is -0.173. The fourth-order valence-corrected chi connectivity index (χ4v) is 4.02. The van der Waals surface area contributed by atoms with E-state index >= 15 is 0 Å². The van der Waals surface area contributed by atoms with Crippen LogP contribution in [0, 0.1) is 0 Å². The fourth-order valence-electron chi connectivity index (χ4n) is 4.02. The largest absolute Gasteiger partial charge is 0.369 e. The summed E-state index contributed by atoms with van der Waals surface area (Å²) in [6.45, 7) is 4.20. The monoisotopic (exact) mass is 411 g/mol. The van der Waals surface area contributed by atoms with Gasteiger partial charge in [-0.3, -0.25) is 9.78 Å². The van der Waals surface area contributed by atoms with Gasteiger partial charge in [0.1, 0.15) is 0 Å². The minimum absolute atomic E-state index is 0.173. The Balaban J connectivity index is 1.25. The normalized spacial score (nSPS) is 15.2. The molecule has 6 heteroatoms. The second-order valence-corrected chi connectivity index (χ2v) is 7.99. The lowest BCUT2D eigenvalue weighted by atomic mass is 10.1. The molecule has 2 aromatic heterocycles. The number of aromatic nitrogens is 2. The number of rotatable bonds is 4. The molecule has 4 aromatic rings. The van der Waals surface area contributed by atoms with E-state index in [-0.39, 0.29) is 5.91 Å². The first kappa shape index (κ1) is 19.3. The number of piperazine rings is 1. The number of aromatic amines is 1. The molecule has 0 bridgehead atoms. The van der Waals surface area contributed by atoms with E-state index in [1.807, 2.05) is 42.6 Å². The molecule has 3 heterocycles. The number of hydrogen-bond donors (Lipinski definition) is 2. The highest BCUT2D eigenvalue weighted by Gasteiger charge is 2.14. The highest BCUT2D eigenvalue weighted by atomic mass is 16.1. The lowest BCUT2D eigenvalue weighted by Gasteiger charge is -2.34. The van der Waals surface area contributed by atoms with Crippen molar-refractivity contribution < 1.29 is 4.79 Å². The van der Waals surface area contributed by atoms with Crippen LogP contribution in [-0.2, 0) is 4.79 Å². The van der Waals surface area contributed by atoms with Gasteiger partial charge in [-0.25, -0.2) is 0 Å². The quantitative estimate of drug-likeness (QED) is 0.496. The van der Waals surface area contributed by atoms with Gasteiger partial charge in [0.15, 0.2) is 0 Å². The molecule has 1 aliphatic rings. The molecule has 0 atom stereocenters. The molecule has 0 spiro atoms.